The van der Waals surface area contributed by atoms with Gasteiger partial charge in [-0.15, -0.1) is 0 Å². The summed E-state index contributed by atoms with van der Waals surface area (Å²) in [5.41, 5.74) is 1.41. The number of carbonyl (C=O) groups is 1. The van der Waals surface area contributed by atoms with E-state index >= 15 is 0 Å². The summed E-state index contributed by atoms with van der Waals surface area (Å²) in [6, 6.07) is 6.76. The van der Waals surface area contributed by atoms with Gasteiger partial charge >= 0.3 is 0 Å². The number of aliphatic hydroxyl groups excluding tert-OH is 1. The van der Waals surface area contributed by atoms with Gasteiger partial charge in [-0.2, -0.15) is 10.1 Å². The van der Waals surface area contributed by atoms with Gasteiger partial charge in [0.25, 0.3) is 0 Å². The van der Waals surface area contributed by atoms with Crippen LogP contribution in [-0.4, -0.2) is 43.4 Å². The van der Waals surface area contributed by atoms with Gasteiger partial charge < -0.3 is 21.1 Å². The van der Waals surface area contributed by atoms with E-state index in [0.29, 0.717) is 34.0 Å². The molecule has 1 aromatic carbocycles. The highest BCUT2D eigenvalue weighted by molar-refractivity contribution is 6.36. The number of nitrogens with zero attached hydrogens (tertiary/aromatic N) is 4. The summed E-state index contributed by atoms with van der Waals surface area (Å²) >= 11 is 12.4. The number of hydrogen-bond acceptors (Lipinski definition) is 7. The molecule has 0 fully saturated rings. The van der Waals surface area contributed by atoms with Crippen LogP contribution in [0.15, 0.2) is 42.9 Å². The quantitative estimate of drug-likeness (QED) is 0.396. The number of aliphatic hydroxyl groups is 1. The van der Waals surface area contributed by atoms with Crippen LogP contribution < -0.4 is 16.0 Å². The molecule has 0 aliphatic heterocycles. The van der Waals surface area contributed by atoms with E-state index in [1.54, 1.807) is 49.8 Å². The number of anilines is 3. The lowest BCUT2D eigenvalue weighted by Crippen LogP contribution is -2.37. The summed E-state index contributed by atoms with van der Waals surface area (Å²) in [6.07, 6.45) is 4.84. The first-order valence-electron chi connectivity index (χ1n) is 9.14. The highest BCUT2D eigenvalue weighted by atomic mass is 35.5. The van der Waals surface area contributed by atoms with Crippen molar-refractivity contribution >= 4 is 46.6 Å². The zero-order valence-electron chi connectivity index (χ0n) is 16.1. The molecule has 0 aliphatic carbocycles. The van der Waals surface area contributed by atoms with Crippen LogP contribution in [-0.2, 0) is 17.9 Å². The molecule has 2 aromatic heterocycles. The van der Waals surface area contributed by atoms with Crippen LogP contribution in [0.1, 0.15) is 12.5 Å². The Morgan fingerprint density at radius 3 is 2.77 bits per heavy atom. The average Bonchev–Trinajstić information content (AvgIpc) is 3.14. The molecule has 0 saturated heterocycles. The number of aromatic nitrogens is 4. The topological polar surface area (TPSA) is 117 Å². The maximum absolute atomic E-state index is 11.9. The lowest BCUT2D eigenvalue weighted by Gasteiger charge is -2.10. The molecule has 0 spiro atoms. The van der Waals surface area contributed by atoms with E-state index in [1.165, 1.54) is 4.68 Å². The Balaban J connectivity index is 1.59. The van der Waals surface area contributed by atoms with Crippen molar-refractivity contribution in [3.63, 3.8) is 0 Å². The molecular formula is C19H21Cl2N7O2. The second-order valence-corrected chi connectivity index (χ2v) is 7.34. The SMILES string of the molecule is CC(CO)NC(=O)Cn1cc(Nc2nccc(NCc3c(Cl)cccc3Cl)n2)cn1. The van der Waals surface area contributed by atoms with Gasteiger partial charge in [-0.05, 0) is 25.1 Å². The van der Waals surface area contributed by atoms with Gasteiger partial charge in [0.15, 0.2) is 0 Å². The molecule has 0 radical (unpaired) electrons. The zero-order chi connectivity index (χ0) is 21.5. The van der Waals surface area contributed by atoms with Gasteiger partial charge in [-0.1, -0.05) is 29.3 Å². The van der Waals surface area contributed by atoms with Crippen molar-refractivity contribution in [1.29, 1.82) is 0 Å². The fourth-order valence-electron chi connectivity index (χ4n) is 2.55. The third-order valence-electron chi connectivity index (χ3n) is 4.04. The van der Waals surface area contributed by atoms with Crippen molar-refractivity contribution in [2.75, 3.05) is 17.2 Å². The smallest absolute Gasteiger partial charge is 0.242 e. The minimum Gasteiger partial charge on any atom is -0.394 e. The predicted octanol–water partition coefficient (Wildman–Crippen LogP) is 2.83. The van der Waals surface area contributed by atoms with E-state index in [4.69, 9.17) is 28.3 Å². The molecule has 9 nitrogen and oxygen atoms in total. The minimum absolute atomic E-state index is 0.0348. The normalized spacial score (nSPS) is 11.7. The van der Waals surface area contributed by atoms with E-state index in [9.17, 15) is 4.79 Å². The molecule has 1 atom stereocenters. The lowest BCUT2D eigenvalue weighted by atomic mass is 10.2. The van der Waals surface area contributed by atoms with Crippen molar-refractivity contribution in [1.82, 2.24) is 25.1 Å². The van der Waals surface area contributed by atoms with Crippen LogP contribution in [0.4, 0.5) is 17.5 Å². The summed E-state index contributed by atoms with van der Waals surface area (Å²) in [4.78, 5) is 20.5. The number of carbonyl (C=O) groups excluding carboxylic acids is 1. The Morgan fingerprint density at radius 1 is 1.27 bits per heavy atom. The van der Waals surface area contributed by atoms with E-state index < -0.39 is 0 Å². The lowest BCUT2D eigenvalue weighted by molar-refractivity contribution is -0.122. The number of benzene rings is 1. The van der Waals surface area contributed by atoms with E-state index in [0.717, 1.165) is 5.56 Å². The van der Waals surface area contributed by atoms with Gasteiger partial charge in [0.05, 0.1) is 18.5 Å². The molecule has 0 aliphatic rings. The molecule has 0 bridgehead atoms. The first-order valence-corrected chi connectivity index (χ1v) is 9.89. The monoisotopic (exact) mass is 449 g/mol. The fourth-order valence-corrected chi connectivity index (χ4v) is 3.09. The number of halogens is 2. The first-order chi connectivity index (χ1) is 14.4. The van der Waals surface area contributed by atoms with Gasteiger partial charge in [0, 0.05) is 40.6 Å². The van der Waals surface area contributed by atoms with Crippen LogP contribution in [0.5, 0.6) is 0 Å². The molecule has 0 saturated carbocycles. The van der Waals surface area contributed by atoms with Crippen molar-refractivity contribution < 1.29 is 9.90 Å². The van der Waals surface area contributed by atoms with Crippen LogP contribution in [0.3, 0.4) is 0 Å². The first kappa shape index (κ1) is 21.8. The van der Waals surface area contributed by atoms with Crippen molar-refractivity contribution in [3.05, 3.63) is 58.5 Å². The summed E-state index contributed by atoms with van der Waals surface area (Å²) in [5, 5.41) is 23.1. The highest BCUT2D eigenvalue weighted by Crippen LogP contribution is 2.25. The largest absolute Gasteiger partial charge is 0.394 e. The Labute approximate surface area is 183 Å². The molecule has 30 heavy (non-hydrogen) atoms. The van der Waals surface area contributed by atoms with Gasteiger partial charge in [-0.3, -0.25) is 9.48 Å². The molecule has 1 unspecified atom stereocenters. The predicted molar refractivity (Wildman–Crippen MR) is 116 cm³/mol. The van der Waals surface area contributed by atoms with E-state index in [1.807, 2.05) is 0 Å². The average molecular weight is 450 g/mol. The van der Waals surface area contributed by atoms with Crippen molar-refractivity contribution in [2.45, 2.75) is 26.1 Å². The molecule has 2 heterocycles. The molecule has 1 amide bonds. The summed E-state index contributed by atoms with van der Waals surface area (Å²) < 4.78 is 1.48. The number of nitrogens with one attached hydrogen (secondary N) is 3. The van der Waals surface area contributed by atoms with Crippen LogP contribution in [0.25, 0.3) is 0 Å². The van der Waals surface area contributed by atoms with Crippen LogP contribution in [0.2, 0.25) is 10.0 Å². The number of rotatable bonds is 9. The second-order valence-electron chi connectivity index (χ2n) is 6.52. The van der Waals surface area contributed by atoms with Crippen molar-refractivity contribution in [3.8, 4) is 0 Å². The third-order valence-corrected chi connectivity index (χ3v) is 4.75. The Bertz CT molecular complexity index is 992. The number of amides is 1. The minimum atomic E-state index is -0.310. The van der Waals surface area contributed by atoms with Gasteiger partial charge in [-0.25, -0.2) is 4.98 Å². The van der Waals surface area contributed by atoms with Gasteiger partial charge in [0.1, 0.15) is 12.4 Å². The van der Waals surface area contributed by atoms with Crippen LogP contribution in [0, 0.1) is 0 Å². The van der Waals surface area contributed by atoms with E-state index in [2.05, 4.69) is 31.0 Å². The standard InChI is InChI=1S/C19H21Cl2N7O2/c1-12(11-29)25-18(30)10-28-9-13(7-24-28)26-19-22-6-5-17(27-19)23-8-14-15(20)3-2-4-16(14)21/h2-7,9,12,29H,8,10-11H2,1H3,(H,25,30)(H2,22,23,26,27). The van der Waals surface area contributed by atoms with Gasteiger partial charge in [0.2, 0.25) is 11.9 Å². The molecule has 3 aromatic rings. The molecule has 4 N–H and O–H groups in total. The summed E-state index contributed by atoms with van der Waals surface area (Å²) in [5.74, 6) is 0.711. The summed E-state index contributed by atoms with van der Waals surface area (Å²) in [7, 11) is 0. The maximum atomic E-state index is 11.9. The van der Waals surface area contributed by atoms with Crippen molar-refractivity contribution in [2.24, 2.45) is 0 Å². The zero-order valence-corrected chi connectivity index (χ0v) is 17.7. The van der Waals surface area contributed by atoms with Crippen LogP contribution >= 0.6 is 23.2 Å². The Hall–Kier alpha value is -2.88. The second kappa shape index (κ2) is 10.2. The number of hydrogen-bond donors (Lipinski definition) is 4. The van der Waals surface area contributed by atoms with E-state index in [-0.39, 0.29) is 25.1 Å². The fraction of sp³-hybridized carbons (Fsp3) is 0.263. The molecule has 158 valence electrons. The Kier molecular flexibility index (Phi) is 7.45. The third kappa shape index (κ3) is 6.06. The summed E-state index contributed by atoms with van der Waals surface area (Å²) in [6.45, 7) is 2.04. The highest BCUT2D eigenvalue weighted by Gasteiger charge is 2.09. The molecule has 3 rings (SSSR count). The Morgan fingerprint density at radius 2 is 2.03 bits per heavy atom. The molecular weight excluding hydrogens is 429 g/mol. The maximum Gasteiger partial charge on any atom is 0.242 e. The molecule has 11 heteroatoms.